The number of non-ortho nitro benzene ring substituents is 1. The number of nitro benzene ring substituents is 1. The van der Waals surface area contributed by atoms with Crippen molar-refractivity contribution in [2.45, 2.75) is 4.90 Å². The molecule has 0 unspecified atom stereocenters. The molecule has 0 atom stereocenters. The van der Waals surface area contributed by atoms with E-state index in [9.17, 15) is 23.3 Å². The van der Waals surface area contributed by atoms with Gasteiger partial charge in [-0.1, -0.05) is 11.3 Å². The third kappa shape index (κ3) is 4.24. The molecule has 0 saturated heterocycles. The third-order valence-electron chi connectivity index (χ3n) is 3.94. The molecule has 28 heavy (non-hydrogen) atoms. The number of thiazole rings is 1. The lowest BCUT2D eigenvalue weighted by Crippen LogP contribution is -2.12. The van der Waals surface area contributed by atoms with Gasteiger partial charge in [0, 0.05) is 31.5 Å². The molecule has 2 aromatic carbocycles. The number of fused-ring (bicyclic) bond motifs is 1. The predicted octanol–water partition coefficient (Wildman–Crippen LogP) is 2.69. The molecule has 144 valence electrons. The summed E-state index contributed by atoms with van der Waals surface area (Å²) < 4.78 is 25.8. The maximum Gasteiger partial charge on any atom is 0.272 e. The summed E-state index contributed by atoms with van der Waals surface area (Å²) in [5.74, 6) is -0.496. The Morgan fingerprint density at radius 2 is 1.89 bits per heavy atom. The zero-order valence-corrected chi connectivity index (χ0v) is 16.5. The van der Waals surface area contributed by atoms with Crippen LogP contribution in [0.3, 0.4) is 0 Å². The number of hydrogen-bond donors (Lipinski definition) is 0. The molecular formula is C18H15N3O5S2. The van der Waals surface area contributed by atoms with E-state index in [1.807, 2.05) is 0 Å². The Morgan fingerprint density at radius 1 is 1.21 bits per heavy atom. The van der Waals surface area contributed by atoms with Crippen LogP contribution < -0.4 is 4.80 Å². The van der Waals surface area contributed by atoms with Crippen molar-refractivity contribution in [1.29, 1.82) is 0 Å². The van der Waals surface area contributed by atoms with Gasteiger partial charge < -0.3 is 4.57 Å². The largest absolute Gasteiger partial charge is 0.319 e. The van der Waals surface area contributed by atoms with Gasteiger partial charge in [-0.25, -0.2) is 8.42 Å². The van der Waals surface area contributed by atoms with E-state index in [1.54, 1.807) is 23.7 Å². The summed E-state index contributed by atoms with van der Waals surface area (Å²) in [6, 6.07) is 10.5. The van der Waals surface area contributed by atoms with Gasteiger partial charge in [0.25, 0.3) is 11.6 Å². The molecular weight excluding hydrogens is 402 g/mol. The molecule has 0 aliphatic carbocycles. The molecule has 0 N–H and O–H groups in total. The van der Waals surface area contributed by atoms with Crippen molar-refractivity contribution >= 4 is 49.1 Å². The zero-order chi connectivity index (χ0) is 20.5. The fourth-order valence-corrected chi connectivity index (χ4v) is 4.24. The van der Waals surface area contributed by atoms with Crippen LogP contribution in [0.25, 0.3) is 16.3 Å². The maximum atomic E-state index is 12.2. The van der Waals surface area contributed by atoms with Gasteiger partial charge in [-0.05, 0) is 42.0 Å². The minimum Gasteiger partial charge on any atom is -0.319 e. The van der Waals surface area contributed by atoms with Crippen molar-refractivity contribution in [1.82, 2.24) is 4.57 Å². The lowest BCUT2D eigenvalue weighted by molar-refractivity contribution is -0.384. The highest BCUT2D eigenvalue weighted by Crippen LogP contribution is 2.21. The first-order chi connectivity index (χ1) is 13.1. The first-order valence-corrected chi connectivity index (χ1v) is 10.7. The zero-order valence-electron chi connectivity index (χ0n) is 14.9. The molecule has 3 rings (SSSR count). The Morgan fingerprint density at radius 3 is 2.50 bits per heavy atom. The second-order valence-corrected chi connectivity index (χ2v) is 9.00. The van der Waals surface area contributed by atoms with Crippen LogP contribution in [0.1, 0.15) is 5.56 Å². The van der Waals surface area contributed by atoms with Gasteiger partial charge in [0.15, 0.2) is 14.6 Å². The number of aryl methyl sites for hydroxylation is 1. The first kappa shape index (κ1) is 19.6. The highest BCUT2D eigenvalue weighted by atomic mass is 32.2. The number of amides is 1. The van der Waals surface area contributed by atoms with E-state index in [0.717, 1.165) is 11.8 Å². The SMILES string of the molecule is Cn1c(=NC(=O)/C=C/c2ccc([N+](=O)[O-])cc2)sc2cc(S(C)(=O)=O)ccc21. The lowest BCUT2D eigenvalue weighted by atomic mass is 10.2. The van der Waals surface area contributed by atoms with Crippen molar-refractivity contribution < 1.29 is 18.1 Å². The van der Waals surface area contributed by atoms with Gasteiger partial charge in [0.1, 0.15) is 0 Å². The number of hydrogen-bond acceptors (Lipinski definition) is 6. The molecule has 10 heteroatoms. The minimum atomic E-state index is -3.32. The van der Waals surface area contributed by atoms with Crippen LogP contribution in [0.4, 0.5) is 5.69 Å². The number of carbonyl (C=O) groups is 1. The quantitative estimate of drug-likeness (QED) is 0.368. The topological polar surface area (TPSA) is 112 Å². The smallest absolute Gasteiger partial charge is 0.272 e. The van der Waals surface area contributed by atoms with E-state index >= 15 is 0 Å². The van der Waals surface area contributed by atoms with Gasteiger partial charge in [0.05, 0.1) is 20.0 Å². The molecule has 0 spiro atoms. The number of benzene rings is 2. The molecule has 1 amide bonds. The molecule has 0 fully saturated rings. The van der Waals surface area contributed by atoms with E-state index in [-0.39, 0.29) is 10.6 Å². The van der Waals surface area contributed by atoms with Crippen molar-refractivity contribution in [3.63, 3.8) is 0 Å². The Hall–Kier alpha value is -3.11. The second kappa shape index (κ2) is 7.49. The number of nitrogens with zero attached hydrogens (tertiary/aromatic N) is 3. The van der Waals surface area contributed by atoms with E-state index in [4.69, 9.17) is 0 Å². The average Bonchev–Trinajstić information content (AvgIpc) is 2.94. The molecule has 1 heterocycles. The monoisotopic (exact) mass is 417 g/mol. The molecule has 0 aliphatic heterocycles. The van der Waals surface area contributed by atoms with Crippen molar-refractivity contribution in [2.75, 3.05) is 6.26 Å². The summed E-state index contributed by atoms with van der Waals surface area (Å²) in [6.07, 6.45) is 3.93. The number of nitro groups is 1. The molecule has 0 bridgehead atoms. The molecule has 8 nitrogen and oxygen atoms in total. The fourth-order valence-electron chi connectivity index (χ4n) is 2.46. The minimum absolute atomic E-state index is 0.0288. The summed E-state index contributed by atoms with van der Waals surface area (Å²) in [7, 11) is -1.58. The van der Waals surface area contributed by atoms with Gasteiger partial charge in [-0.15, -0.1) is 0 Å². The molecule has 0 saturated carbocycles. The van der Waals surface area contributed by atoms with Crippen LogP contribution in [0, 0.1) is 10.1 Å². The van der Waals surface area contributed by atoms with E-state index in [0.29, 0.717) is 15.1 Å². The summed E-state index contributed by atoms with van der Waals surface area (Å²) in [5, 5.41) is 10.6. The maximum absolute atomic E-state index is 12.2. The van der Waals surface area contributed by atoms with Crippen LogP contribution in [-0.2, 0) is 21.7 Å². The Bertz CT molecular complexity index is 1280. The first-order valence-electron chi connectivity index (χ1n) is 7.96. The molecule has 0 aliphatic rings. The third-order valence-corrected chi connectivity index (χ3v) is 6.14. The van der Waals surface area contributed by atoms with Gasteiger partial charge in [0.2, 0.25) is 0 Å². The Balaban J connectivity index is 1.89. The number of aromatic nitrogens is 1. The number of sulfone groups is 1. The summed E-state index contributed by atoms with van der Waals surface area (Å²) in [6.45, 7) is 0. The van der Waals surface area contributed by atoms with Gasteiger partial charge >= 0.3 is 0 Å². The number of rotatable bonds is 4. The lowest BCUT2D eigenvalue weighted by Gasteiger charge is -1.98. The highest BCUT2D eigenvalue weighted by Gasteiger charge is 2.11. The molecule has 1 aromatic heterocycles. The highest BCUT2D eigenvalue weighted by molar-refractivity contribution is 7.90. The van der Waals surface area contributed by atoms with Gasteiger partial charge in [-0.2, -0.15) is 4.99 Å². The second-order valence-electron chi connectivity index (χ2n) is 5.98. The Kier molecular flexibility index (Phi) is 5.25. The van der Waals surface area contributed by atoms with Crippen LogP contribution in [-0.4, -0.2) is 30.1 Å². The normalized spacial score (nSPS) is 12.7. The van der Waals surface area contributed by atoms with Crippen molar-refractivity contribution in [3.05, 3.63) is 69.0 Å². The van der Waals surface area contributed by atoms with Crippen LogP contribution >= 0.6 is 11.3 Å². The summed E-state index contributed by atoms with van der Waals surface area (Å²) in [4.78, 5) is 27.0. The van der Waals surface area contributed by atoms with Crippen LogP contribution in [0.15, 0.2) is 58.4 Å². The van der Waals surface area contributed by atoms with Crippen molar-refractivity contribution in [3.8, 4) is 0 Å². The standard InChI is InChI=1S/C18H15N3O5S2/c1-20-15-9-8-14(28(2,25)26)11-16(15)27-18(20)19-17(22)10-5-12-3-6-13(7-4-12)21(23)24/h3-11H,1-2H3/b10-5+,19-18?. The van der Waals surface area contributed by atoms with E-state index < -0.39 is 20.7 Å². The van der Waals surface area contributed by atoms with E-state index in [1.165, 1.54) is 53.8 Å². The summed E-state index contributed by atoms with van der Waals surface area (Å²) >= 11 is 1.21. The molecule has 0 radical (unpaired) electrons. The Labute approximate surface area is 164 Å². The van der Waals surface area contributed by atoms with Gasteiger partial charge in [-0.3, -0.25) is 14.9 Å². The van der Waals surface area contributed by atoms with Crippen LogP contribution in [0.2, 0.25) is 0 Å². The number of carbonyl (C=O) groups excluding carboxylic acids is 1. The molecule has 3 aromatic rings. The average molecular weight is 417 g/mol. The fraction of sp³-hybridized carbons (Fsp3) is 0.111. The summed E-state index contributed by atoms with van der Waals surface area (Å²) in [5.41, 5.74) is 1.37. The van der Waals surface area contributed by atoms with Crippen molar-refractivity contribution in [2.24, 2.45) is 12.0 Å². The predicted molar refractivity (Wildman–Crippen MR) is 107 cm³/mol. The van der Waals surface area contributed by atoms with E-state index in [2.05, 4.69) is 4.99 Å². The van der Waals surface area contributed by atoms with Crippen LogP contribution in [0.5, 0.6) is 0 Å².